The number of hydrogen-bond donors (Lipinski definition) is 3. The summed E-state index contributed by atoms with van der Waals surface area (Å²) >= 11 is 1.62. The molecule has 6 nitrogen and oxygen atoms in total. The number of carbonyl (C=O) groups excluding carboxylic acids is 2. The lowest BCUT2D eigenvalue weighted by Gasteiger charge is -2.09. The van der Waals surface area contributed by atoms with Gasteiger partial charge in [-0.25, -0.2) is 4.79 Å². The predicted octanol–water partition coefficient (Wildman–Crippen LogP) is 4.07. The molecule has 2 aromatic carbocycles. The van der Waals surface area contributed by atoms with E-state index in [0.29, 0.717) is 29.3 Å². The fourth-order valence-corrected chi connectivity index (χ4v) is 2.91. The van der Waals surface area contributed by atoms with E-state index in [1.165, 1.54) is 0 Å². The van der Waals surface area contributed by atoms with E-state index in [-0.39, 0.29) is 5.91 Å². The topological polar surface area (TPSA) is 93.5 Å². The predicted molar refractivity (Wildman–Crippen MR) is 103 cm³/mol. The zero-order chi connectivity index (χ0) is 18.4. The van der Waals surface area contributed by atoms with Crippen molar-refractivity contribution in [3.8, 4) is 5.75 Å². The maximum absolute atomic E-state index is 12.5. The van der Waals surface area contributed by atoms with Crippen molar-refractivity contribution in [1.82, 2.24) is 0 Å². The van der Waals surface area contributed by atoms with Crippen LogP contribution in [0.2, 0.25) is 0 Å². The molecule has 0 spiro atoms. The number of hydrogen-bond acceptors (Lipinski definition) is 4. The number of urea groups is 1. The average Bonchev–Trinajstić information content (AvgIpc) is 3.13. The largest absolute Gasteiger partial charge is 0.488 e. The highest BCUT2D eigenvalue weighted by Crippen LogP contribution is 2.19. The van der Waals surface area contributed by atoms with E-state index in [1.807, 2.05) is 23.6 Å². The maximum atomic E-state index is 12.5. The first-order valence-electron chi connectivity index (χ1n) is 7.83. The second-order valence-electron chi connectivity index (χ2n) is 5.42. The van der Waals surface area contributed by atoms with Gasteiger partial charge in [-0.3, -0.25) is 4.79 Å². The van der Waals surface area contributed by atoms with Gasteiger partial charge in [0, 0.05) is 21.8 Å². The highest BCUT2D eigenvalue weighted by Gasteiger charge is 2.08. The van der Waals surface area contributed by atoms with Crippen molar-refractivity contribution in [2.45, 2.75) is 6.61 Å². The number of primary amides is 1. The Morgan fingerprint density at radius 2 is 1.73 bits per heavy atom. The molecule has 26 heavy (non-hydrogen) atoms. The Hall–Kier alpha value is -3.32. The molecule has 0 aliphatic heterocycles. The van der Waals surface area contributed by atoms with Crippen LogP contribution in [0.15, 0.2) is 66.0 Å². The smallest absolute Gasteiger partial charge is 0.316 e. The van der Waals surface area contributed by atoms with Crippen LogP contribution in [0.4, 0.5) is 16.2 Å². The van der Waals surface area contributed by atoms with E-state index in [0.717, 1.165) is 4.88 Å². The van der Waals surface area contributed by atoms with Gasteiger partial charge in [0.15, 0.2) is 0 Å². The third-order valence-electron chi connectivity index (χ3n) is 3.45. The van der Waals surface area contributed by atoms with E-state index in [2.05, 4.69) is 10.6 Å². The van der Waals surface area contributed by atoms with Gasteiger partial charge in [0.1, 0.15) is 12.4 Å². The van der Waals surface area contributed by atoms with E-state index >= 15 is 0 Å². The van der Waals surface area contributed by atoms with Gasteiger partial charge in [0.05, 0.1) is 0 Å². The van der Waals surface area contributed by atoms with Crippen LogP contribution in [-0.4, -0.2) is 11.9 Å². The zero-order valence-electron chi connectivity index (χ0n) is 13.8. The standard InChI is InChI=1S/C19H17N3O3S/c20-19(24)22-15-6-2-5-14(11-15)21-18(23)13-4-1-7-16(10-13)25-12-17-8-3-9-26-17/h1-11H,12H2,(H,21,23)(H3,20,22,24). The van der Waals surface area contributed by atoms with Gasteiger partial charge in [-0.1, -0.05) is 18.2 Å². The summed E-state index contributed by atoms with van der Waals surface area (Å²) in [6, 6.07) is 17.0. The highest BCUT2D eigenvalue weighted by atomic mass is 32.1. The van der Waals surface area contributed by atoms with Crippen molar-refractivity contribution >= 4 is 34.6 Å². The molecule has 0 saturated heterocycles. The lowest BCUT2D eigenvalue weighted by molar-refractivity contribution is 0.102. The van der Waals surface area contributed by atoms with Crippen LogP contribution in [0.5, 0.6) is 5.75 Å². The van der Waals surface area contributed by atoms with Crippen LogP contribution in [0.1, 0.15) is 15.2 Å². The molecule has 0 aliphatic rings. The van der Waals surface area contributed by atoms with E-state index in [4.69, 9.17) is 10.5 Å². The Morgan fingerprint density at radius 3 is 2.46 bits per heavy atom. The van der Waals surface area contributed by atoms with Crippen molar-refractivity contribution in [3.63, 3.8) is 0 Å². The second kappa shape index (κ2) is 8.17. The minimum Gasteiger partial charge on any atom is -0.488 e. The summed E-state index contributed by atoms with van der Waals surface area (Å²) in [6.07, 6.45) is 0. The van der Waals surface area contributed by atoms with Crippen LogP contribution in [0.3, 0.4) is 0 Å². The van der Waals surface area contributed by atoms with Crippen LogP contribution in [0, 0.1) is 0 Å². The van der Waals surface area contributed by atoms with Gasteiger partial charge in [0.25, 0.3) is 5.91 Å². The molecule has 3 amide bonds. The number of thiophene rings is 1. The summed E-state index contributed by atoms with van der Waals surface area (Å²) in [5.41, 5.74) is 6.62. The molecule has 7 heteroatoms. The molecule has 132 valence electrons. The molecular weight excluding hydrogens is 350 g/mol. The Bertz CT molecular complexity index is 910. The van der Waals surface area contributed by atoms with E-state index < -0.39 is 6.03 Å². The van der Waals surface area contributed by atoms with Crippen molar-refractivity contribution < 1.29 is 14.3 Å². The molecule has 0 aliphatic carbocycles. The Labute approximate surface area is 154 Å². The maximum Gasteiger partial charge on any atom is 0.316 e. The van der Waals surface area contributed by atoms with Gasteiger partial charge in [-0.05, 0) is 47.8 Å². The third kappa shape index (κ3) is 4.84. The second-order valence-corrected chi connectivity index (χ2v) is 6.45. The van der Waals surface area contributed by atoms with E-state index in [9.17, 15) is 9.59 Å². The molecular formula is C19H17N3O3S. The number of rotatable bonds is 6. The lowest BCUT2D eigenvalue weighted by atomic mass is 10.2. The summed E-state index contributed by atoms with van der Waals surface area (Å²) in [5, 5.41) is 7.24. The fourth-order valence-electron chi connectivity index (χ4n) is 2.30. The highest BCUT2D eigenvalue weighted by molar-refractivity contribution is 7.09. The Kier molecular flexibility index (Phi) is 5.50. The lowest BCUT2D eigenvalue weighted by Crippen LogP contribution is -2.19. The molecule has 0 atom stereocenters. The summed E-state index contributed by atoms with van der Waals surface area (Å²) in [7, 11) is 0. The van der Waals surface area contributed by atoms with Crippen LogP contribution < -0.4 is 21.1 Å². The molecule has 0 saturated carbocycles. The molecule has 0 radical (unpaired) electrons. The summed E-state index contributed by atoms with van der Waals surface area (Å²) < 4.78 is 5.72. The number of benzene rings is 2. The van der Waals surface area contributed by atoms with Gasteiger partial charge >= 0.3 is 6.03 Å². The number of anilines is 2. The number of carbonyl (C=O) groups is 2. The molecule has 3 rings (SSSR count). The quantitative estimate of drug-likeness (QED) is 0.613. The van der Waals surface area contributed by atoms with Crippen molar-refractivity contribution in [2.75, 3.05) is 10.6 Å². The number of ether oxygens (including phenoxy) is 1. The van der Waals surface area contributed by atoms with Crippen LogP contribution in [0.25, 0.3) is 0 Å². The van der Waals surface area contributed by atoms with Crippen LogP contribution >= 0.6 is 11.3 Å². The Morgan fingerprint density at radius 1 is 0.962 bits per heavy atom. The number of nitrogens with two attached hydrogens (primary N) is 1. The number of amides is 3. The van der Waals surface area contributed by atoms with Crippen molar-refractivity contribution in [1.29, 1.82) is 0 Å². The normalized spacial score (nSPS) is 10.2. The summed E-state index contributed by atoms with van der Waals surface area (Å²) in [6.45, 7) is 0.462. The first kappa shape index (κ1) is 17.5. The molecule has 4 N–H and O–H groups in total. The molecule has 3 aromatic rings. The Balaban J connectivity index is 1.66. The van der Waals surface area contributed by atoms with Gasteiger partial charge in [-0.2, -0.15) is 0 Å². The summed E-state index contributed by atoms with van der Waals surface area (Å²) in [5.74, 6) is 0.345. The van der Waals surface area contributed by atoms with Crippen LogP contribution in [-0.2, 0) is 6.61 Å². The first-order chi connectivity index (χ1) is 12.6. The minimum absolute atomic E-state index is 0.275. The molecule has 0 fully saturated rings. The average molecular weight is 367 g/mol. The van der Waals surface area contributed by atoms with Gasteiger partial charge in [0.2, 0.25) is 0 Å². The molecule has 0 bridgehead atoms. The van der Waals surface area contributed by atoms with Crippen molar-refractivity contribution in [3.05, 3.63) is 76.5 Å². The SMILES string of the molecule is NC(=O)Nc1cccc(NC(=O)c2cccc(OCc3cccs3)c2)c1. The van der Waals surface area contributed by atoms with Crippen molar-refractivity contribution in [2.24, 2.45) is 5.73 Å². The number of nitrogens with one attached hydrogen (secondary N) is 2. The van der Waals surface area contributed by atoms with Gasteiger partial charge < -0.3 is 21.1 Å². The molecule has 1 heterocycles. The third-order valence-corrected chi connectivity index (χ3v) is 4.30. The monoisotopic (exact) mass is 367 g/mol. The van der Waals surface area contributed by atoms with E-state index in [1.54, 1.807) is 53.8 Å². The fraction of sp³-hybridized carbons (Fsp3) is 0.0526. The molecule has 1 aromatic heterocycles. The first-order valence-corrected chi connectivity index (χ1v) is 8.71. The summed E-state index contributed by atoms with van der Waals surface area (Å²) in [4.78, 5) is 24.5. The zero-order valence-corrected chi connectivity index (χ0v) is 14.6. The minimum atomic E-state index is -0.663. The molecule has 0 unspecified atom stereocenters. The van der Waals surface area contributed by atoms with Gasteiger partial charge in [-0.15, -0.1) is 11.3 Å².